The molecule has 0 aromatic rings. The maximum Gasteiger partial charge on any atom is 0.104 e. The third-order valence-electron chi connectivity index (χ3n) is 3.98. The van der Waals surface area contributed by atoms with E-state index in [1.165, 1.54) is 25.7 Å². The van der Waals surface area contributed by atoms with Crippen molar-refractivity contribution < 1.29 is 15.3 Å². The molecular formula is C20H49N3O3. The summed E-state index contributed by atoms with van der Waals surface area (Å²) in [6, 6.07) is 0. The highest BCUT2D eigenvalue weighted by Gasteiger charge is 2.08. The largest absolute Gasteiger partial charge is 0.395 e. The van der Waals surface area contributed by atoms with Crippen LogP contribution in [0.4, 0.5) is 0 Å². The summed E-state index contributed by atoms with van der Waals surface area (Å²) in [4.78, 5) is 6.26. The first kappa shape index (κ1) is 30.5. The minimum absolute atomic E-state index is 0.257. The van der Waals surface area contributed by atoms with Gasteiger partial charge in [0.2, 0.25) is 0 Å². The van der Waals surface area contributed by atoms with E-state index in [9.17, 15) is 5.11 Å². The zero-order valence-electron chi connectivity index (χ0n) is 18.7. The van der Waals surface area contributed by atoms with Gasteiger partial charge in [-0.05, 0) is 47.0 Å². The molecule has 0 bridgehead atoms. The third-order valence-corrected chi connectivity index (χ3v) is 3.98. The molecule has 0 spiro atoms. The molecule has 0 saturated carbocycles. The minimum atomic E-state index is -0.275. The third kappa shape index (κ3) is 26.0. The molecule has 0 aromatic carbocycles. The Labute approximate surface area is 163 Å². The summed E-state index contributed by atoms with van der Waals surface area (Å²) in [5, 5.41) is 26.0. The summed E-state index contributed by atoms with van der Waals surface area (Å²) in [6.45, 7) is 16.7. The van der Waals surface area contributed by atoms with Gasteiger partial charge in [0.05, 0.1) is 13.2 Å². The predicted octanol–water partition coefficient (Wildman–Crippen LogP) is 2.09. The van der Waals surface area contributed by atoms with Crippen LogP contribution in [0.25, 0.3) is 0 Å². The van der Waals surface area contributed by atoms with Crippen molar-refractivity contribution in [3.05, 3.63) is 0 Å². The number of aliphatic hydroxyl groups excluding tert-OH is 3. The number of nitrogens with zero attached hydrogens (tertiary/aromatic N) is 3. The molecule has 6 heteroatoms. The lowest BCUT2D eigenvalue weighted by Gasteiger charge is -2.24. The van der Waals surface area contributed by atoms with Crippen LogP contribution in [-0.4, -0.2) is 103 Å². The quantitative estimate of drug-likeness (QED) is 0.426. The zero-order valence-corrected chi connectivity index (χ0v) is 18.7. The average molecular weight is 380 g/mol. The van der Waals surface area contributed by atoms with Crippen LogP contribution in [0.2, 0.25) is 0 Å². The van der Waals surface area contributed by atoms with Gasteiger partial charge in [0.25, 0.3) is 0 Å². The predicted molar refractivity (Wildman–Crippen MR) is 114 cm³/mol. The summed E-state index contributed by atoms with van der Waals surface area (Å²) in [5.74, 6) is 0. The summed E-state index contributed by atoms with van der Waals surface area (Å²) in [7, 11) is 3.85. The van der Waals surface area contributed by atoms with Crippen molar-refractivity contribution >= 4 is 0 Å². The molecule has 0 aliphatic carbocycles. The molecule has 0 heterocycles. The van der Waals surface area contributed by atoms with Crippen molar-refractivity contribution in [2.45, 2.75) is 66.5 Å². The van der Waals surface area contributed by atoms with Crippen molar-refractivity contribution in [1.82, 2.24) is 14.7 Å². The van der Waals surface area contributed by atoms with Crippen LogP contribution in [0.5, 0.6) is 0 Å². The van der Waals surface area contributed by atoms with Gasteiger partial charge in [-0.2, -0.15) is 0 Å². The van der Waals surface area contributed by atoms with Crippen molar-refractivity contribution in [1.29, 1.82) is 0 Å². The van der Waals surface area contributed by atoms with Gasteiger partial charge >= 0.3 is 0 Å². The van der Waals surface area contributed by atoms with E-state index in [0.29, 0.717) is 0 Å². The van der Waals surface area contributed by atoms with Crippen LogP contribution in [0.3, 0.4) is 0 Å². The maximum absolute atomic E-state index is 9.39. The Bertz CT molecular complexity index is 230. The van der Waals surface area contributed by atoms with E-state index in [0.717, 1.165) is 39.3 Å². The summed E-state index contributed by atoms with van der Waals surface area (Å²) >= 11 is 0. The van der Waals surface area contributed by atoms with Crippen molar-refractivity contribution in [3.8, 4) is 0 Å². The summed E-state index contributed by atoms with van der Waals surface area (Å²) < 4.78 is 0. The van der Waals surface area contributed by atoms with E-state index < -0.39 is 0 Å². The molecule has 0 amide bonds. The van der Waals surface area contributed by atoms with Crippen LogP contribution >= 0.6 is 0 Å². The van der Waals surface area contributed by atoms with Gasteiger partial charge in [0.15, 0.2) is 0 Å². The summed E-state index contributed by atoms with van der Waals surface area (Å²) in [6.07, 6.45) is 4.51. The van der Waals surface area contributed by atoms with E-state index in [1.807, 2.05) is 25.9 Å². The van der Waals surface area contributed by atoms with Crippen molar-refractivity contribution in [2.75, 3.05) is 66.6 Å². The van der Waals surface area contributed by atoms with Crippen LogP contribution in [0.1, 0.15) is 60.3 Å². The fourth-order valence-corrected chi connectivity index (χ4v) is 2.09. The molecule has 0 aliphatic rings. The van der Waals surface area contributed by atoms with Crippen LogP contribution in [0, 0.1) is 0 Å². The molecule has 0 aromatic heterocycles. The Kier molecular flexibility index (Phi) is 29.0. The van der Waals surface area contributed by atoms with Gasteiger partial charge in [0.1, 0.15) is 6.23 Å². The average Bonchev–Trinajstić information content (AvgIpc) is 2.60. The normalized spacial score (nSPS) is 11.9. The first-order valence-electron chi connectivity index (χ1n) is 10.3. The highest BCUT2D eigenvalue weighted by Crippen LogP contribution is 2.02. The Morgan fingerprint density at radius 3 is 1.31 bits per heavy atom. The number of hydrogen-bond donors (Lipinski definition) is 3. The standard InChI is InChI=1S/C10H23NO.C6H15NO.C4H11NO/c1-4-6-8-11(10(3)12)9-7-5-2;1-3-7(4-2)5-6-8;1-5(2)3-4-6/h10,12H,4-9H2,1-3H3;8H,3-6H2,1-2H3;6H,3-4H2,1-2H3. The lowest BCUT2D eigenvalue weighted by molar-refractivity contribution is 0.0169. The minimum Gasteiger partial charge on any atom is -0.395 e. The molecule has 3 N–H and O–H groups in total. The van der Waals surface area contributed by atoms with E-state index >= 15 is 0 Å². The van der Waals surface area contributed by atoms with Crippen molar-refractivity contribution in [2.24, 2.45) is 0 Å². The molecule has 0 fully saturated rings. The first-order valence-corrected chi connectivity index (χ1v) is 10.3. The fraction of sp³-hybridized carbons (Fsp3) is 1.00. The van der Waals surface area contributed by atoms with Crippen LogP contribution in [-0.2, 0) is 0 Å². The summed E-state index contributed by atoms with van der Waals surface area (Å²) in [5.41, 5.74) is 0. The molecule has 1 atom stereocenters. The number of unbranched alkanes of at least 4 members (excludes halogenated alkanes) is 2. The van der Waals surface area contributed by atoms with Gasteiger partial charge in [-0.25, -0.2) is 0 Å². The second kappa shape index (κ2) is 24.8. The molecule has 6 nitrogen and oxygen atoms in total. The Morgan fingerprint density at radius 2 is 1.15 bits per heavy atom. The van der Waals surface area contributed by atoms with E-state index in [4.69, 9.17) is 10.2 Å². The van der Waals surface area contributed by atoms with E-state index in [2.05, 4.69) is 37.5 Å². The second-order valence-electron chi connectivity index (χ2n) is 6.65. The van der Waals surface area contributed by atoms with Crippen LogP contribution in [0.15, 0.2) is 0 Å². The van der Waals surface area contributed by atoms with E-state index in [1.54, 1.807) is 0 Å². The highest BCUT2D eigenvalue weighted by molar-refractivity contribution is 4.57. The molecule has 0 radical (unpaired) electrons. The zero-order chi connectivity index (χ0) is 20.8. The lowest BCUT2D eigenvalue weighted by Crippen LogP contribution is -2.34. The number of hydrogen-bond acceptors (Lipinski definition) is 6. The molecule has 1 unspecified atom stereocenters. The van der Waals surface area contributed by atoms with Crippen LogP contribution < -0.4 is 0 Å². The second-order valence-corrected chi connectivity index (χ2v) is 6.65. The van der Waals surface area contributed by atoms with Gasteiger partial charge in [-0.15, -0.1) is 0 Å². The molecule has 0 saturated heterocycles. The van der Waals surface area contributed by atoms with Gasteiger partial charge in [-0.3, -0.25) is 4.90 Å². The Morgan fingerprint density at radius 1 is 0.731 bits per heavy atom. The Hall–Kier alpha value is -0.240. The smallest absolute Gasteiger partial charge is 0.104 e. The molecule has 0 rings (SSSR count). The maximum atomic E-state index is 9.39. The van der Waals surface area contributed by atoms with Crippen molar-refractivity contribution in [3.63, 3.8) is 0 Å². The van der Waals surface area contributed by atoms with Gasteiger partial charge < -0.3 is 25.1 Å². The number of likely N-dealkylation sites (N-methyl/N-ethyl adjacent to an activating group) is 2. The molecule has 26 heavy (non-hydrogen) atoms. The van der Waals surface area contributed by atoms with Gasteiger partial charge in [-0.1, -0.05) is 40.5 Å². The highest BCUT2D eigenvalue weighted by atomic mass is 16.3. The first-order chi connectivity index (χ1) is 12.3. The molecule has 162 valence electrons. The topological polar surface area (TPSA) is 70.4 Å². The molecule has 0 aliphatic heterocycles. The van der Waals surface area contributed by atoms with E-state index in [-0.39, 0.29) is 19.4 Å². The molecular weight excluding hydrogens is 330 g/mol. The van der Waals surface area contributed by atoms with Gasteiger partial charge in [0, 0.05) is 26.2 Å². The lowest BCUT2D eigenvalue weighted by atomic mass is 10.2. The monoisotopic (exact) mass is 379 g/mol. The number of aliphatic hydroxyl groups is 3. The fourth-order valence-electron chi connectivity index (χ4n) is 2.09. The number of rotatable bonds is 13. The Balaban J connectivity index is -0.000000328. The SMILES string of the molecule is CCCCN(CCCC)C(C)O.CCN(CC)CCO.CN(C)CCO.